The lowest BCUT2D eigenvalue weighted by molar-refractivity contribution is -0.385. The van der Waals surface area contributed by atoms with Crippen molar-refractivity contribution in [1.82, 2.24) is 0 Å². The molecule has 2 aromatic carbocycles. The minimum atomic E-state index is -0.403. The van der Waals surface area contributed by atoms with E-state index in [1.807, 2.05) is 37.3 Å². The molecule has 2 N–H and O–H groups in total. The molecule has 22 heavy (non-hydrogen) atoms. The highest BCUT2D eigenvalue weighted by atomic mass is 16.6. The normalized spacial score (nSPS) is 11.0. The summed E-state index contributed by atoms with van der Waals surface area (Å²) in [5.41, 5.74) is 8.15. The van der Waals surface area contributed by atoms with E-state index in [-0.39, 0.29) is 5.69 Å². The first-order valence-corrected chi connectivity index (χ1v) is 7.16. The molecule has 0 unspecified atom stereocenters. The van der Waals surface area contributed by atoms with Crippen LogP contribution >= 0.6 is 0 Å². The molecular weight excluding hydrogens is 280 g/mol. The monoisotopic (exact) mass is 298 g/mol. The van der Waals surface area contributed by atoms with E-state index in [2.05, 4.69) is 10.2 Å². The number of nitrogens with two attached hydrogens (primary N) is 1. The topological polar surface area (TPSA) is 93.9 Å². The lowest BCUT2D eigenvalue weighted by atomic mass is 10.0. The van der Waals surface area contributed by atoms with E-state index in [1.54, 1.807) is 0 Å². The Morgan fingerprint density at radius 3 is 2.50 bits per heavy atom. The fourth-order valence-electron chi connectivity index (χ4n) is 2.12. The zero-order valence-electron chi connectivity index (χ0n) is 12.4. The van der Waals surface area contributed by atoms with Crippen LogP contribution in [0.1, 0.15) is 25.3 Å². The second-order valence-electron chi connectivity index (χ2n) is 4.89. The number of hydrogen-bond donors (Lipinski definition) is 1. The highest BCUT2D eigenvalue weighted by Gasteiger charge is 2.18. The van der Waals surface area contributed by atoms with E-state index < -0.39 is 4.92 Å². The van der Waals surface area contributed by atoms with Gasteiger partial charge in [0.25, 0.3) is 5.69 Å². The first-order chi connectivity index (χ1) is 10.6. The van der Waals surface area contributed by atoms with Crippen molar-refractivity contribution in [3.05, 3.63) is 58.1 Å². The van der Waals surface area contributed by atoms with Gasteiger partial charge in [-0.2, -0.15) is 5.11 Å². The standard InChI is InChI=1S/C16H18N4O2/c1-2-3-9-13-15(20(21)22)11-10-14(16(13)17)19-18-12-7-5-4-6-8-12/h4-8,10-11H,2-3,9,17H2,1H3. The van der Waals surface area contributed by atoms with Gasteiger partial charge in [0.05, 0.1) is 21.9 Å². The Hall–Kier alpha value is -2.76. The fourth-order valence-corrected chi connectivity index (χ4v) is 2.12. The summed E-state index contributed by atoms with van der Waals surface area (Å²) in [5, 5.41) is 19.4. The molecule has 0 aliphatic rings. The molecule has 0 saturated carbocycles. The predicted molar refractivity (Wildman–Crippen MR) is 86.7 cm³/mol. The van der Waals surface area contributed by atoms with Crippen LogP contribution < -0.4 is 5.73 Å². The second kappa shape index (κ2) is 7.31. The van der Waals surface area contributed by atoms with Crippen molar-refractivity contribution >= 4 is 22.7 Å². The molecule has 6 nitrogen and oxygen atoms in total. The number of nitro groups is 1. The molecule has 0 spiro atoms. The summed E-state index contributed by atoms with van der Waals surface area (Å²) in [4.78, 5) is 10.7. The minimum absolute atomic E-state index is 0.0459. The van der Waals surface area contributed by atoms with Crippen molar-refractivity contribution < 1.29 is 4.92 Å². The number of nitrogens with zero attached hydrogens (tertiary/aromatic N) is 3. The Bertz CT molecular complexity index is 684. The molecule has 0 saturated heterocycles. The summed E-state index contributed by atoms with van der Waals surface area (Å²) in [6.45, 7) is 2.03. The average molecular weight is 298 g/mol. The van der Waals surface area contributed by atoms with Crippen LogP contribution in [0.15, 0.2) is 52.7 Å². The van der Waals surface area contributed by atoms with Gasteiger partial charge in [-0.3, -0.25) is 10.1 Å². The van der Waals surface area contributed by atoms with Gasteiger partial charge in [0.15, 0.2) is 0 Å². The first kappa shape index (κ1) is 15.6. The van der Waals surface area contributed by atoms with Crippen molar-refractivity contribution in [2.45, 2.75) is 26.2 Å². The van der Waals surface area contributed by atoms with E-state index >= 15 is 0 Å². The van der Waals surface area contributed by atoms with Gasteiger partial charge in [-0.05, 0) is 31.0 Å². The highest BCUT2D eigenvalue weighted by Crippen LogP contribution is 2.35. The van der Waals surface area contributed by atoms with Crippen LogP contribution in [-0.4, -0.2) is 4.92 Å². The Balaban J connectivity index is 2.36. The van der Waals surface area contributed by atoms with E-state index in [9.17, 15) is 10.1 Å². The van der Waals surface area contributed by atoms with Crippen LogP contribution in [0.2, 0.25) is 0 Å². The maximum atomic E-state index is 11.1. The molecule has 0 atom stereocenters. The molecule has 0 radical (unpaired) electrons. The summed E-state index contributed by atoms with van der Waals surface area (Å²) in [5.74, 6) is 0. The molecule has 2 rings (SSSR count). The second-order valence-corrected chi connectivity index (χ2v) is 4.89. The van der Waals surface area contributed by atoms with E-state index in [4.69, 9.17) is 5.73 Å². The van der Waals surface area contributed by atoms with Crippen LogP contribution in [0.5, 0.6) is 0 Å². The minimum Gasteiger partial charge on any atom is -0.396 e. The maximum absolute atomic E-state index is 11.1. The number of benzene rings is 2. The predicted octanol–water partition coefficient (Wildman–Crippen LogP) is 4.94. The van der Waals surface area contributed by atoms with Gasteiger partial charge in [0.2, 0.25) is 0 Å². The van der Waals surface area contributed by atoms with Gasteiger partial charge in [-0.25, -0.2) is 0 Å². The lowest BCUT2D eigenvalue weighted by Gasteiger charge is -2.08. The fraction of sp³-hybridized carbons (Fsp3) is 0.250. The third-order valence-electron chi connectivity index (χ3n) is 3.32. The van der Waals surface area contributed by atoms with Crippen LogP contribution in [0.4, 0.5) is 22.7 Å². The molecule has 0 aliphatic carbocycles. The zero-order valence-corrected chi connectivity index (χ0v) is 12.4. The van der Waals surface area contributed by atoms with Crippen LogP contribution in [0.3, 0.4) is 0 Å². The van der Waals surface area contributed by atoms with Gasteiger partial charge >= 0.3 is 0 Å². The Morgan fingerprint density at radius 2 is 1.86 bits per heavy atom. The first-order valence-electron chi connectivity index (χ1n) is 7.16. The van der Waals surface area contributed by atoms with Crippen molar-refractivity contribution in [3.8, 4) is 0 Å². The molecule has 0 heterocycles. The quantitative estimate of drug-likeness (QED) is 0.354. The van der Waals surface area contributed by atoms with Gasteiger partial charge in [0.1, 0.15) is 5.69 Å². The summed E-state index contributed by atoms with van der Waals surface area (Å²) >= 11 is 0. The van der Waals surface area contributed by atoms with E-state index in [1.165, 1.54) is 12.1 Å². The number of nitrogen functional groups attached to an aromatic ring is 1. The highest BCUT2D eigenvalue weighted by molar-refractivity contribution is 5.72. The van der Waals surface area contributed by atoms with Crippen LogP contribution in [0, 0.1) is 10.1 Å². The van der Waals surface area contributed by atoms with Crippen molar-refractivity contribution in [2.24, 2.45) is 10.2 Å². The smallest absolute Gasteiger partial charge is 0.274 e. The third kappa shape index (κ3) is 3.66. The number of azo groups is 1. The summed E-state index contributed by atoms with van der Waals surface area (Å²) in [6, 6.07) is 12.2. The van der Waals surface area contributed by atoms with Gasteiger partial charge in [0, 0.05) is 6.07 Å². The summed E-state index contributed by atoms with van der Waals surface area (Å²) in [7, 11) is 0. The van der Waals surface area contributed by atoms with Crippen molar-refractivity contribution in [2.75, 3.05) is 5.73 Å². The zero-order chi connectivity index (χ0) is 15.9. The summed E-state index contributed by atoms with van der Waals surface area (Å²) in [6.07, 6.45) is 2.34. The van der Waals surface area contributed by atoms with Crippen LogP contribution in [-0.2, 0) is 6.42 Å². The van der Waals surface area contributed by atoms with Crippen molar-refractivity contribution in [1.29, 1.82) is 0 Å². The molecular formula is C16H18N4O2. The third-order valence-corrected chi connectivity index (χ3v) is 3.32. The number of anilines is 1. The molecule has 0 bridgehead atoms. The number of nitro benzene ring substituents is 1. The number of hydrogen-bond acceptors (Lipinski definition) is 5. The SMILES string of the molecule is CCCCc1c([N+](=O)[O-])ccc(N=Nc2ccccc2)c1N. The Morgan fingerprint density at radius 1 is 1.14 bits per heavy atom. The largest absolute Gasteiger partial charge is 0.396 e. The lowest BCUT2D eigenvalue weighted by Crippen LogP contribution is -2.01. The van der Waals surface area contributed by atoms with E-state index in [0.29, 0.717) is 29.0 Å². The molecule has 0 fully saturated rings. The molecule has 114 valence electrons. The maximum Gasteiger partial charge on any atom is 0.274 e. The van der Waals surface area contributed by atoms with Crippen LogP contribution in [0.25, 0.3) is 0 Å². The Kier molecular flexibility index (Phi) is 5.19. The number of unbranched alkanes of at least 4 members (excludes halogenated alkanes) is 1. The molecule has 2 aromatic rings. The molecule has 0 amide bonds. The van der Waals surface area contributed by atoms with Crippen molar-refractivity contribution in [3.63, 3.8) is 0 Å². The molecule has 6 heteroatoms. The number of rotatable bonds is 6. The van der Waals surface area contributed by atoms with Gasteiger partial charge < -0.3 is 5.73 Å². The van der Waals surface area contributed by atoms with E-state index in [0.717, 1.165) is 12.8 Å². The van der Waals surface area contributed by atoms with Gasteiger partial charge in [-0.15, -0.1) is 5.11 Å². The molecule has 0 aliphatic heterocycles. The van der Waals surface area contributed by atoms with Gasteiger partial charge in [-0.1, -0.05) is 31.5 Å². The average Bonchev–Trinajstić information content (AvgIpc) is 2.53. The Labute approximate surface area is 128 Å². The molecule has 0 aromatic heterocycles. The summed E-state index contributed by atoms with van der Waals surface area (Å²) < 4.78 is 0.